The molecule has 0 fully saturated rings. The standard InChI is InChI=1S/C13H15NO5/c1-8-5-10-11(19-4-3-18-10)6-9(8)7-14(2)12(15)13(16)17/h5-6H,3-4,7H2,1-2H3,(H,16,17). The highest BCUT2D eigenvalue weighted by atomic mass is 16.6. The number of rotatable bonds is 2. The van der Waals surface area contributed by atoms with Crippen molar-refractivity contribution in [1.29, 1.82) is 0 Å². The number of hydrogen-bond acceptors (Lipinski definition) is 4. The van der Waals surface area contributed by atoms with Crippen molar-refractivity contribution in [2.75, 3.05) is 20.3 Å². The van der Waals surface area contributed by atoms with Crippen LogP contribution in [-0.4, -0.2) is 42.1 Å². The maximum Gasteiger partial charge on any atom is 0.394 e. The first-order valence-corrected chi connectivity index (χ1v) is 5.86. The van der Waals surface area contributed by atoms with Gasteiger partial charge in [-0.25, -0.2) is 4.79 Å². The van der Waals surface area contributed by atoms with E-state index in [2.05, 4.69) is 0 Å². The third-order valence-electron chi connectivity index (χ3n) is 2.94. The Labute approximate surface area is 110 Å². The molecule has 0 spiro atoms. The Morgan fingerprint density at radius 3 is 2.42 bits per heavy atom. The van der Waals surface area contributed by atoms with Gasteiger partial charge in [-0.2, -0.15) is 0 Å². The first-order chi connectivity index (χ1) is 8.99. The Morgan fingerprint density at radius 1 is 1.26 bits per heavy atom. The van der Waals surface area contributed by atoms with Crippen molar-refractivity contribution in [1.82, 2.24) is 4.90 Å². The topological polar surface area (TPSA) is 76.1 Å². The molecule has 0 atom stereocenters. The number of aryl methyl sites for hydroxylation is 1. The predicted molar refractivity (Wildman–Crippen MR) is 66.3 cm³/mol. The highest BCUT2D eigenvalue weighted by Crippen LogP contribution is 2.33. The Morgan fingerprint density at radius 2 is 1.84 bits per heavy atom. The lowest BCUT2D eigenvalue weighted by atomic mass is 10.1. The summed E-state index contributed by atoms with van der Waals surface area (Å²) in [6, 6.07) is 3.62. The Kier molecular flexibility index (Phi) is 3.59. The monoisotopic (exact) mass is 265 g/mol. The molecule has 19 heavy (non-hydrogen) atoms. The summed E-state index contributed by atoms with van der Waals surface area (Å²) < 4.78 is 10.9. The van der Waals surface area contributed by atoms with Crippen molar-refractivity contribution in [3.8, 4) is 11.5 Å². The van der Waals surface area contributed by atoms with Crippen LogP contribution in [0.3, 0.4) is 0 Å². The van der Waals surface area contributed by atoms with E-state index in [1.807, 2.05) is 13.0 Å². The first kappa shape index (κ1) is 13.2. The Bertz CT molecular complexity index is 526. The highest BCUT2D eigenvalue weighted by Gasteiger charge is 2.20. The molecule has 1 aromatic carbocycles. The highest BCUT2D eigenvalue weighted by molar-refractivity contribution is 6.31. The van der Waals surface area contributed by atoms with E-state index in [9.17, 15) is 9.59 Å². The number of hydrogen-bond donors (Lipinski definition) is 1. The van der Waals surface area contributed by atoms with Crippen LogP contribution < -0.4 is 9.47 Å². The number of ether oxygens (including phenoxy) is 2. The maximum absolute atomic E-state index is 11.3. The zero-order chi connectivity index (χ0) is 14.0. The molecule has 0 saturated heterocycles. The smallest absolute Gasteiger partial charge is 0.394 e. The Hall–Kier alpha value is -2.24. The number of nitrogens with zero attached hydrogens (tertiary/aromatic N) is 1. The van der Waals surface area contributed by atoms with Crippen LogP contribution in [0.1, 0.15) is 11.1 Å². The van der Waals surface area contributed by atoms with Gasteiger partial charge in [-0.15, -0.1) is 0 Å². The van der Waals surface area contributed by atoms with Crippen molar-refractivity contribution in [3.63, 3.8) is 0 Å². The number of amides is 1. The largest absolute Gasteiger partial charge is 0.486 e. The second-order valence-corrected chi connectivity index (χ2v) is 4.39. The molecule has 1 aliphatic heterocycles. The minimum absolute atomic E-state index is 0.216. The van der Waals surface area contributed by atoms with Gasteiger partial charge in [-0.05, 0) is 30.2 Å². The number of carboxylic acids is 1. The van der Waals surface area contributed by atoms with Crippen molar-refractivity contribution >= 4 is 11.9 Å². The lowest BCUT2D eigenvalue weighted by molar-refractivity contribution is -0.155. The zero-order valence-corrected chi connectivity index (χ0v) is 10.8. The van der Waals surface area contributed by atoms with Gasteiger partial charge >= 0.3 is 11.9 Å². The van der Waals surface area contributed by atoms with Gasteiger partial charge in [0.25, 0.3) is 0 Å². The number of carbonyl (C=O) groups excluding carboxylic acids is 1. The third-order valence-corrected chi connectivity index (χ3v) is 2.94. The quantitative estimate of drug-likeness (QED) is 0.801. The van der Waals surface area contributed by atoms with Crippen molar-refractivity contribution in [2.45, 2.75) is 13.5 Å². The molecule has 6 heteroatoms. The molecule has 6 nitrogen and oxygen atoms in total. The summed E-state index contributed by atoms with van der Waals surface area (Å²) in [6.07, 6.45) is 0. The third kappa shape index (κ3) is 2.78. The van der Waals surface area contributed by atoms with E-state index in [4.69, 9.17) is 14.6 Å². The molecule has 1 heterocycles. The van der Waals surface area contributed by atoms with E-state index in [0.29, 0.717) is 24.7 Å². The summed E-state index contributed by atoms with van der Waals surface area (Å²) in [6.45, 7) is 3.10. The fourth-order valence-corrected chi connectivity index (χ4v) is 1.89. The fourth-order valence-electron chi connectivity index (χ4n) is 1.89. The molecule has 102 valence electrons. The molecule has 1 amide bonds. The van der Waals surface area contributed by atoms with Crippen LogP contribution in [0.15, 0.2) is 12.1 Å². The van der Waals surface area contributed by atoms with E-state index >= 15 is 0 Å². The summed E-state index contributed by atoms with van der Waals surface area (Å²) in [7, 11) is 1.45. The van der Waals surface area contributed by atoms with E-state index in [-0.39, 0.29) is 6.54 Å². The van der Waals surface area contributed by atoms with Crippen LogP contribution in [0, 0.1) is 6.92 Å². The SMILES string of the molecule is Cc1cc2c(cc1CN(C)C(=O)C(=O)O)OCCO2. The fraction of sp³-hybridized carbons (Fsp3) is 0.385. The molecule has 1 aromatic rings. The van der Waals surface area contributed by atoms with Gasteiger partial charge in [-0.1, -0.05) is 0 Å². The van der Waals surface area contributed by atoms with Crippen LogP contribution >= 0.6 is 0 Å². The van der Waals surface area contributed by atoms with E-state index < -0.39 is 11.9 Å². The van der Waals surface area contributed by atoms with Crippen LogP contribution in [0.25, 0.3) is 0 Å². The van der Waals surface area contributed by atoms with Gasteiger partial charge in [0.15, 0.2) is 11.5 Å². The molecule has 0 unspecified atom stereocenters. The van der Waals surface area contributed by atoms with Gasteiger partial charge in [-0.3, -0.25) is 4.79 Å². The Balaban J connectivity index is 2.21. The molecule has 0 radical (unpaired) electrons. The summed E-state index contributed by atoms with van der Waals surface area (Å²) in [5.74, 6) is -1.09. The molecular formula is C13H15NO5. The van der Waals surface area contributed by atoms with Crippen LogP contribution in [-0.2, 0) is 16.1 Å². The van der Waals surface area contributed by atoms with Crippen LogP contribution in [0.2, 0.25) is 0 Å². The molecule has 0 bridgehead atoms. The predicted octanol–water partition coefficient (Wildman–Crippen LogP) is 0.809. The van der Waals surface area contributed by atoms with Crippen molar-refractivity contribution < 1.29 is 24.2 Å². The van der Waals surface area contributed by atoms with Gasteiger partial charge in [0, 0.05) is 13.6 Å². The summed E-state index contributed by atoms with van der Waals surface area (Å²) >= 11 is 0. The van der Waals surface area contributed by atoms with Gasteiger partial charge in [0.05, 0.1) is 0 Å². The summed E-state index contributed by atoms with van der Waals surface area (Å²) in [5, 5.41) is 8.66. The molecular weight excluding hydrogens is 250 g/mol. The minimum atomic E-state index is -1.46. The summed E-state index contributed by atoms with van der Waals surface area (Å²) in [5.41, 5.74) is 1.76. The van der Waals surface area contributed by atoms with Crippen molar-refractivity contribution in [3.05, 3.63) is 23.3 Å². The van der Waals surface area contributed by atoms with Crippen LogP contribution in [0.5, 0.6) is 11.5 Å². The maximum atomic E-state index is 11.3. The first-order valence-electron chi connectivity index (χ1n) is 5.86. The van der Waals surface area contributed by atoms with E-state index in [0.717, 1.165) is 16.0 Å². The van der Waals surface area contributed by atoms with Gasteiger partial charge < -0.3 is 19.5 Å². The lowest BCUT2D eigenvalue weighted by Gasteiger charge is -2.22. The number of carbonyl (C=O) groups is 2. The molecule has 2 rings (SSSR count). The summed E-state index contributed by atoms with van der Waals surface area (Å²) in [4.78, 5) is 23.1. The number of likely N-dealkylation sites (N-methyl/N-ethyl adjacent to an activating group) is 1. The average Bonchev–Trinajstić information content (AvgIpc) is 2.38. The molecule has 1 aliphatic rings. The molecule has 0 saturated carbocycles. The zero-order valence-electron chi connectivity index (χ0n) is 10.8. The lowest BCUT2D eigenvalue weighted by Crippen LogP contribution is -2.32. The van der Waals surface area contributed by atoms with Gasteiger partial charge in [0.1, 0.15) is 13.2 Å². The van der Waals surface area contributed by atoms with Gasteiger partial charge in [0.2, 0.25) is 0 Å². The van der Waals surface area contributed by atoms with Crippen LogP contribution in [0.4, 0.5) is 0 Å². The number of aliphatic carboxylic acids is 1. The normalized spacial score (nSPS) is 12.9. The minimum Gasteiger partial charge on any atom is -0.486 e. The number of carboxylic acid groups (broad SMARTS) is 1. The van der Waals surface area contributed by atoms with E-state index in [1.165, 1.54) is 7.05 Å². The molecule has 0 aliphatic carbocycles. The second kappa shape index (κ2) is 5.17. The molecule has 1 N–H and O–H groups in total. The average molecular weight is 265 g/mol. The number of benzene rings is 1. The second-order valence-electron chi connectivity index (χ2n) is 4.39. The van der Waals surface area contributed by atoms with Crippen molar-refractivity contribution in [2.24, 2.45) is 0 Å². The van der Waals surface area contributed by atoms with E-state index in [1.54, 1.807) is 6.07 Å². The number of fused-ring (bicyclic) bond motifs is 1. The molecule has 0 aromatic heterocycles.